The molecule has 0 saturated heterocycles. The fraction of sp³-hybridized carbons (Fsp3) is 0.158. The van der Waals surface area contributed by atoms with Crippen molar-refractivity contribution >= 4 is 39.1 Å². The van der Waals surface area contributed by atoms with Gasteiger partial charge in [0.1, 0.15) is 10.2 Å². The molecule has 0 N–H and O–H groups in total. The molecular formula is C19H15BrCl2N2O2. The summed E-state index contributed by atoms with van der Waals surface area (Å²) in [4.78, 5) is 12.6. The van der Waals surface area contributed by atoms with Crippen LogP contribution in [0.4, 0.5) is 0 Å². The Morgan fingerprint density at radius 1 is 1.04 bits per heavy atom. The summed E-state index contributed by atoms with van der Waals surface area (Å²) < 4.78 is 7.14. The van der Waals surface area contributed by atoms with Gasteiger partial charge in [-0.3, -0.25) is 4.79 Å². The third kappa shape index (κ3) is 4.29. The van der Waals surface area contributed by atoms with Gasteiger partial charge in [0.2, 0.25) is 0 Å². The Kier molecular flexibility index (Phi) is 6.35. The predicted octanol–water partition coefficient (Wildman–Crippen LogP) is 5.31. The molecule has 0 saturated carbocycles. The first kappa shape index (κ1) is 19.0. The summed E-state index contributed by atoms with van der Waals surface area (Å²) in [5.41, 5.74) is 1.20. The zero-order chi connectivity index (χ0) is 18.5. The summed E-state index contributed by atoms with van der Waals surface area (Å²) in [6.07, 6.45) is 3.21. The number of nitrogens with zero attached hydrogens (tertiary/aromatic N) is 2. The second-order valence-corrected chi connectivity index (χ2v) is 7.16. The van der Waals surface area contributed by atoms with Crippen LogP contribution in [0.15, 0.2) is 64.0 Å². The van der Waals surface area contributed by atoms with E-state index in [9.17, 15) is 4.79 Å². The molecule has 1 heterocycles. The molecule has 134 valence electrons. The summed E-state index contributed by atoms with van der Waals surface area (Å²) in [7, 11) is 0. The highest BCUT2D eigenvalue weighted by Crippen LogP contribution is 2.28. The van der Waals surface area contributed by atoms with Crippen LogP contribution in [0.3, 0.4) is 0 Å². The van der Waals surface area contributed by atoms with Crippen molar-refractivity contribution in [2.75, 3.05) is 6.61 Å². The molecule has 0 radical (unpaired) electrons. The zero-order valence-electron chi connectivity index (χ0n) is 13.7. The van der Waals surface area contributed by atoms with Crippen LogP contribution in [0.5, 0.6) is 5.75 Å². The number of ether oxygens (including phenoxy) is 1. The van der Waals surface area contributed by atoms with Crippen molar-refractivity contribution in [3.8, 4) is 11.4 Å². The first-order valence-corrected chi connectivity index (χ1v) is 9.52. The van der Waals surface area contributed by atoms with Gasteiger partial charge in [-0.25, -0.2) is 0 Å². The molecule has 0 amide bonds. The van der Waals surface area contributed by atoms with Crippen LogP contribution in [-0.2, 0) is 6.42 Å². The normalized spacial score (nSPS) is 10.7. The van der Waals surface area contributed by atoms with Crippen LogP contribution in [-0.4, -0.2) is 16.4 Å². The molecule has 0 atom stereocenters. The Morgan fingerprint density at radius 2 is 1.73 bits per heavy atom. The SMILES string of the molecule is O=c1c(Br)c(OCCCc2ccccc2)cnn1-c1c(Cl)cccc1Cl. The maximum absolute atomic E-state index is 12.6. The van der Waals surface area contributed by atoms with Crippen molar-refractivity contribution < 1.29 is 4.74 Å². The number of hydrogen-bond donors (Lipinski definition) is 0. The van der Waals surface area contributed by atoms with Gasteiger partial charge < -0.3 is 4.74 Å². The molecule has 0 aliphatic carbocycles. The topological polar surface area (TPSA) is 44.1 Å². The van der Waals surface area contributed by atoms with Crippen molar-refractivity contribution in [1.29, 1.82) is 0 Å². The molecule has 2 aromatic carbocycles. The second kappa shape index (κ2) is 8.71. The number of aromatic nitrogens is 2. The third-order valence-corrected chi connectivity index (χ3v) is 5.09. The van der Waals surface area contributed by atoms with Gasteiger partial charge in [-0.05, 0) is 46.5 Å². The van der Waals surface area contributed by atoms with Crippen molar-refractivity contribution in [2.24, 2.45) is 0 Å². The molecule has 3 rings (SSSR count). The highest BCUT2D eigenvalue weighted by molar-refractivity contribution is 9.10. The lowest BCUT2D eigenvalue weighted by atomic mass is 10.1. The number of aryl methyl sites for hydroxylation is 1. The molecule has 4 nitrogen and oxygen atoms in total. The van der Waals surface area contributed by atoms with Crippen molar-refractivity contribution in [1.82, 2.24) is 9.78 Å². The quantitative estimate of drug-likeness (QED) is 0.475. The predicted molar refractivity (Wildman–Crippen MR) is 108 cm³/mol. The minimum Gasteiger partial charge on any atom is -0.490 e. The smallest absolute Gasteiger partial charge is 0.289 e. The second-order valence-electron chi connectivity index (χ2n) is 5.55. The Hall–Kier alpha value is -1.82. The molecular weight excluding hydrogens is 439 g/mol. The average molecular weight is 454 g/mol. The highest BCUT2D eigenvalue weighted by Gasteiger charge is 2.15. The van der Waals surface area contributed by atoms with Gasteiger partial charge in [-0.15, -0.1) is 0 Å². The van der Waals surface area contributed by atoms with E-state index in [0.29, 0.717) is 28.1 Å². The first-order valence-electron chi connectivity index (χ1n) is 7.97. The lowest BCUT2D eigenvalue weighted by Gasteiger charge is -2.12. The average Bonchev–Trinajstić information content (AvgIpc) is 2.64. The van der Waals surface area contributed by atoms with Gasteiger partial charge in [0.25, 0.3) is 5.56 Å². The standard InChI is InChI=1S/C19H15BrCl2N2O2/c20-17-16(26-11-5-8-13-6-2-1-3-7-13)12-23-24(19(17)25)18-14(21)9-4-10-15(18)22/h1-4,6-7,9-10,12H,5,8,11H2. The van der Waals surface area contributed by atoms with E-state index < -0.39 is 0 Å². The van der Waals surface area contributed by atoms with Crippen molar-refractivity contribution in [3.63, 3.8) is 0 Å². The van der Waals surface area contributed by atoms with Crippen LogP contribution in [0.25, 0.3) is 5.69 Å². The van der Waals surface area contributed by atoms with Gasteiger partial charge in [0.15, 0.2) is 5.75 Å². The number of halogens is 3. The maximum atomic E-state index is 12.6. The molecule has 0 spiro atoms. The molecule has 0 aliphatic rings. The molecule has 7 heteroatoms. The molecule has 3 aromatic rings. The fourth-order valence-corrected chi connectivity index (χ4v) is 3.41. The van der Waals surface area contributed by atoms with Crippen LogP contribution in [0.1, 0.15) is 12.0 Å². The van der Waals surface area contributed by atoms with Gasteiger partial charge in [-0.2, -0.15) is 9.78 Å². The summed E-state index contributed by atoms with van der Waals surface area (Å²) >= 11 is 15.6. The Bertz CT molecular complexity index is 941. The van der Waals surface area contributed by atoms with E-state index in [1.807, 2.05) is 18.2 Å². The molecule has 0 bridgehead atoms. The van der Waals surface area contributed by atoms with E-state index in [2.05, 4.69) is 33.2 Å². The Morgan fingerprint density at radius 3 is 2.42 bits per heavy atom. The van der Waals surface area contributed by atoms with Crippen molar-refractivity contribution in [3.05, 3.63) is 85.2 Å². The number of benzene rings is 2. The zero-order valence-corrected chi connectivity index (χ0v) is 16.8. The third-order valence-electron chi connectivity index (χ3n) is 3.75. The molecule has 1 aromatic heterocycles. The maximum Gasteiger partial charge on any atom is 0.289 e. The van der Waals surface area contributed by atoms with Gasteiger partial charge >= 0.3 is 0 Å². The Balaban J connectivity index is 1.73. The molecule has 0 aliphatic heterocycles. The van der Waals surface area contributed by atoms with Crippen LogP contribution >= 0.6 is 39.1 Å². The molecule has 0 fully saturated rings. The van der Waals surface area contributed by atoms with Crippen LogP contribution in [0.2, 0.25) is 10.0 Å². The highest BCUT2D eigenvalue weighted by atomic mass is 79.9. The van der Waals surface area contributed by atoms with E-state index in [1.165, 1.54) is 11.8 Å². The summed E-state index contributed by atoms with van der Waals surface area (Å²) in [5.74, 6) is 0.391. The summed E-state index contributed by atoms with van der Waals surface area (Å²) in [6, 6.07) is 15.2. The van der Waals surface area contributed by atoms with E-state index in [1.54, 1.807) is 18.2 Å². The monoisotopic (exact) mass is 452 g/mol. The van der Waals surface area contributed by atoms with Gasteiger partial charge in [0.05, 0.1) is 22.8 Å². The molecule has 0 unspecified atom stereocenters. The minimum absolute atomic E-state index is 0.281. The molecule has 26 heavy (non-hydrogen) atoms. The summed E-state index contributed by atoms with van der Waals surface area (Å²) in [5, 5.41) is 4.83. The number of rotatable bonds is 6. The number of hydrogen-bond acceptors (Lipinski definition) is 3. The van der Waals surface area contributed by atoms with Gasteiger partial charge in [0, 0.05) is 0 Å². The number of para-hydroxylation sites is 1. The Labute approximate surface area is 169 Å². The minimum atomic E-state index is -0.388. The lowest BCUT2D eigenvalue weighted by Crippen LogP contribution is -2.23. The van der Waals surface area contributed by atoms with E-state index in [-0.39, 0.29) is 10.0 Å². The largest absolute Gasteiger partial charge is 0.490 e. The summed E-state index contributed by atoms with van der Waals surface area (Å²) in [6.45, 7) is 0.478. The van der Waals surface area contributed by atoms with E-state index in [4.69, 9.17) is 27.9 Å². The van der Waals surface area contributed by atoms with Crippen LogP contribution < -0.4 is 10.3 Å². The van der Waals surface area contributed by atoms with Gasteiger partial charge in [-0.1, -0.05) is 59.6 Å². The fourth-order valence-electron chi connectivity index (χ4n) is 2.47. The van der Waals surface area contributed by atoms with Crippen molar-refractivity contribution in [2.45, 2.75) is 12.8 Å². The first-order chi connectivity index (χ1) is 12.6. The van der Waals surface area contributed by atoms with E-state index in [0.717, 1.165) is 17.5 Å². The van der Waals surface area contributed by atoms with E-state index >= 15 is 0 Å². The lowest BCUT2D eigenvalue weighted by molar-refractivity contribution is 0.306. The van der Waals surface area contributed by atoms with Crippen LogP contribution in [0, 0.1) is 0 Å².